The fourth-order valence-corrected chi connectivity index (χ4v) is 4.83. The van der Waals surface area contributed by atoms with Gasteiger partial charge in [0, 0.05) is 31.1 Å². The summed E-state index contributed by atoms with van der Waals surface area (Å²) < 4.78 is 5.51. The number of rotatable bonds is 9. The predicted octanol–water partition coefficient (Wildman–Crippen LogP) is 3.88. The van der Waals surface area contributed by atoms with Gasteiger partial charge in [-0.25, -0.2) is 9.78 Å². The first kappa shape index (κ1) is 22.8. The summed E-state index contributed by atoms with van der Waals surface area (Å²) in [5, 5.41) is 5.27. The SMILES string of the molecule is COc1ccccc1CC(C)N(Cc1ccccc1)C(=O)Cc1csc(N2CCNC2=O)n1. The van der Waals surface area contributed by atoms with E-state index in [0.717, 1.165) is 16.9 Å². The monoisotopic (exact) mass is 464 g/mol. The molecule has 4 rings (SSSR count). The third-order valence-corrected chi connectivity index (χ3v) is 6.63. The number of ether oxygens (including phenoxy) is 1. The van der Waals surface area contributed by atoms with E-state index in [4.69, 9.17) is 4.74 Å². The van der Waals surface area contributed by atoms with Gasteiger partial charge < -0.3 is 15.0 Å². The summed E-state index contributed by atoms with van der Waals surface area (Å²) in [5.74, 6) is 0.827. The number of thiazole rings is 1. The Morgan fingerprint density at radius 1 is 1.21 bits per heavy atom. The molecule has 1 saturated heterocycles. The van der Waals surface area contributed by atoms with Crippen LogP contribution in [-0.2, 0) is 24.2 Å². The number of hydrogen-bond donors (Lipinski definition) is 1. The number of methoxy groups -OCH3 is 1. The Kier molecular flexibility index (Phi) is 7.24. The van der Waals surface area contributed by atoms with Gasteiger partial charge in [-0.15, -0.1) is 11.3 Å². The van der Waals surface area contributed by atoms with Crippen LogP contribution in [0.3, 0.4) is 0 Å². The fourth-order valence-electron chi connectivity index (χ4n) is 3.98. The van der Waals surface area contributed by atoms with Gasteiger partial charge in [-0.1, -0.05) is 48.5 Å². The zero-order chi connectivity index (χ0) is 23.2. The second-order valence-electron chi connectivity index (χ2n) is 8.05. The standard InChI is InChI=1S/C25H28N4O3S/c1-18(14-20-10-6-7-11-22(20)32-2)29(16-19-8-4-3-5-9-19)23(30)15-21-17-33-25(27-21)28-13-12-26-24(28)31/h3-11,17-18H,12-16H2,1-2H3,(H,26,31). The number of amides is 3. The fraction of sp³-hybridized carbons (Fsp3) is 0.320. The first-order valence-corrected chi connectivity index (χ1v) is 11.9. The van der Waals surface area contributed by atoms with Crippen LogP contribution in [-0.4, -0.2) is 48.1 Å². The van der Waals surface area contributed by atoms with Crippen molar-refractivity contribution in [3.63, 3.8) is 0 Å². The van der Waals surface area contributed by atoms with Crippen LogP contribution < -0.4 is 15.0 Å². The predicted molar refractivity (Wildman–Crippen MR) is 130 cm³/mol. The van der Waals surface area contributed by atoms with Crippen molar-refractivity contribution in [2.75, 3.05) is 25.1 Å². The van der Waals surface area contributed by atoms with Crippen LogP contribution in [0.5, 0.6) is 5.75 Å². The molecule has 0 bridgehead atoms. The Morgan fingerprint density at radius 3 is 2.70 bits per heavy atom. The molecule has 7 nitrogen and oxygen atoms in total. The third-order valence-electron chi connectivity index (χ3n) is 5.72. The third kappa shape index (κ3) is 5.51. The van der Waals surface area contributed by atoms with Gasteiger partial charge in [0.1, 0.15) is 5.75 Å². The molecule has 3 aromatic rings. The molecule has 1 aliphatic rings. The Hall–Kier alpha value is -3.39. The molecule has 2 aromatic carbocycles. The van der Waals surface area contributed by atoms with Gasteiger partial charge >= 0.3 is 6.03 Å². The Labute approximate surface area is 198 Å². The van der Waals surface area contributed by atoms with Gasteiger partial charge in [0.25, 0.3) is 0 Å². The summed E-state index contributed by atoms with van der Waals surface area (Å²) >= 11 is 1.39. The van der Waals surface area contributed by atoms with E-state index in [1.807, 2.05) is 64.9 Å². The molecule has 1 aromatic heterocycles. The number of urea groups is 1. The van der Waals surface area contributed by atoms with Crippen molar-refractivity contribution in [3.8, 4) is 5.75 Å². The highest BCUT2D eigenvalue weighted by atomic mass is 32.1. The maximum Gasteiger partial charge on any atom is 0.323 e. The highest BCUT2D eigenvalue weighted by Gasteiger charge is 2.26. The summed E-state index contributed by atoms with van der Waals surface area (Å²) in [5.41, 5.74) is 2.82. The van der Waals surface area contributed by atoms with Crippen LogP contribution in [0.1, 0.15) is 23.7 Å². The van der Waals surface area contributed by atoms with E-state index in [-0.39, 0.29) is 24.4 Å². The molecule has 33 heavy (non-hydrogen) atoms. The van der Waals surface area contributed by atoms with Crippen LogP contribution in [0.15, 0.2) is 60.0 Å². The van der Waals surface area contributed by atoms with E-state index in [9.17, 15) is 9.59 Å². The summed E-state index contributed by atoms with van der Waals surface area (Å²) in [6.07, 6.45) is 0.869. The Balaban J connectivity index is 1.52. The molecular formula is C25H28N4O3S. The normalized spacial score (nSPS) is 14.1. The number of nitrogens with zero attached hydrogens (tertiary/aromatic N) is 3. The number of aromatic nitrogens is 1. The smallest absolute Gasteiger partial charge is 0.323 e. The highest BCUT2D eigenvalue weighted by Crippen LogP contribution is 2.24. The van der Waals surface area contributed by atoms with Gasteiger partial charge in [-0.3, -0.25) is 9.69 Å². The second-order valence-corrected chi connectivity index (χ2v) is 8.89. The van der Waals surface area contributed by atoms with Crippen LogP contribution in [0.25, 0.3) is 0 Å². The Morgan fingerprint density at radius 2 is 1.97 bits per heavy atom. The molecule has 172 valence electrons. The molecule has 1 unspecified atom stereocenters. The molecule has 0 spiro atoms. The van der Waals surface area contributed by atoms with Crippen molar-refractivity contribution in [3.05, 3.63) is 76.8 Å². The molecule has 1 N–H and O–H groups in total. The number of benzene rings is 2. The number of carbonyl (C=O) groups excluding carboxylic acids is 2. The van der Waals surface area contributed by atoms with Gasteiger partial charge in [0.15, 0.2) is 5.13 Å². The number of para-hydroxylation sites is 1. The first-order valence-electron chi connectivity index (χ1n) is 11.0. The van der Waals surface area contributed by atoms with Crippen molar-refractivity contribution in [1.82, 2.24) is 15.2 Å². The van der Waals surface area contributed by atoms with E-state index < -0.39 is 0 Å². The summed E-state index contributed by atoms with van der Waals surface area (Å²) in [7, 11) is 1.66. The summed E-state index contributed by atoms with van der Waals surface area (Å²) in [6, 6.07) is 17.7. The van der Waals surface area contributed by atoms with E-state index in [0.29, 0.717) is 36.9 Å². The van der Waals surface area contributed by atoms with Crippen molar-refractivity contribution in [2.45, 2.75) is 32.4 Å². The second kappa shape index (κ2) is 10.5. The molecule has 1 fully saturated rings. The molecular weight excluding hydrogens is 436 g/mol. The number of carbonyl (C=O) groups is 2. The maximum absolute atomic E-state index is 13.5. The van der Waals surface area contributed by atoms with E-state index in [2.05, 4.69) is 17.2 Å². The lowest BCUT2D eigenvalue weighted by Gasteiger charge is -2.30. The zero-order valence-electron chi connectivity index (χ0n) is 18.9. The quantitative estimate of drug-likeness (QED) is 0.522. The molecule has 3 amide bonds. The number of nitrogens with one attached hydrogen (secondary N) is 1. The first-order chi connectivity index (χ1) is 16.0. The summed E-state index contributed by atoms with van der Waals surface area (Å²) in [4.78, 5) is 33.5. The average Bonchev–Trinajstić information content (AvgIpc) is 3.46. The van der Waals surface area contributed by atoms with Crippen LogP contribution >= 0.6 is 11.3 Å². The van der Waals surface area contributed by atoms with Crippen LogP contribution in [0.2, 0.25) is 0 Å². The maximum atomic E-state index is 13.5. The van der Waals surface area contributed by atoms with Gasteiger partial charge in [0.2, 0.25) is 5.91 Å². The lowest BCUT2D eigenvalue weighted by Crippen LogP contribution is -2.40. The van der Waals surface area contributed by atoms with Crippen molar-refractivity contribution in [1.29, 1.82) is 0 Å². The van der Waals surface area contributed by atoms with E-state index >= 15 is 0 Å². The average molecular weight is 465 g/mol. The molecule has 0 radical (unpaired) electrons. The van der Waals surface area contributed by atoms with Crippen molar-refractivity contribution >= 4 is 28.4 Å². The Bertz CT molecular complexity index is 1100. The molecule has 1 atom stereocenters. The topological polar surface area (TPSA) is 74.8 Å². The molecule has 1 aliphatic heterocycles. The van der Waals surface area contributed by atoms with Gasteiger partial charge in [-0.2, -0.15) is 0 Å². The molecule has 0 aliphatic carbocycles. The largest absolute Gasteiger partial charge is 0.496 e. The number of hydrogen-bond acceptors (Lipinski definition) is 5. The minimum atomic E-state index is -0.140. The van der Waals surface area contributed by atoms with Crippen molar-refractivity contribution in [2.24, 2.45) is 0 Å². The highest BCUT2D eigenvalue weighted by molar-refractivity contribution is 7.14. The van der Waals surface area contributed by atoms with E-state index in [1.165, 1.54) is 11.3 Å². The number of anilines is 1. The van der Waals surface area contributed by atoms with Gasteiger partial charge in [0.05, 0.1) is 19.2 Å². The summed E-state index contributed by atoms with van der Waals surface area (Å²) in [6.45, 7) is 3.78. The molecule has 8 heteroatoms. The lowest BCUT2D eigenvalue weighted by molar-refractivity contribution is -0.133. The zero-order valence-corrected chi connectivity index (χ0v) is 19.7. The van der Waals surface area contributed by atoms with Crippen LogP contribution in [0.4, 0.5) is 9.93 Å². The molecule has 2 heterocycles. The lowest BCUT2D eigenvalue weighted by atomic mass is 10.0. The van der Waals surface area contributed by atoms with E-state index in [1.54, 1.807) is 12.0 Å². The van der Waals surface area contributed by atoms with Gasteiger partial charge in [-0.05, 0) is 30.5 Å². The minimum Gasteiger partial charge on any atom is -0.496 e. The van der Waals surface area contributed by atoms with Crippen molar-refractivity contribution < 1.29 is 14.3 Å². The molecule has 0 saturated carbocycles. The van der Waals surface area contributed by atoms with Crippen LogP contribution in [0, 0.1) is 0 Å². The minimum absolute atomic E-state index is 0.00368.